The Balaban J connectivity index is 1.57. The van der Waals surface area contributed by atoms with Crippen LogP contribution in [0.3, 0.4) is 0 Å². The quantitative estimate of drug-likeness (QED) is 0.523. The van der Waals surface area contributed by atoms with Gasteiger partial charge >= 0.3 is 5.97 Å². The molecule has 1 N–H and O–H groups in total. The predicted octanol–water partition coefficient (Wildman–Crippen LogP) is 4.08. The van der Waals surface area contributed by atoms with E-state index in [-0.39, 0.29) is 17.6 Å². The summed E-state index contributed by atoms with van der Waals surface area (Å²) in [6, 6.07) is 14.4. The van der Waals surface area contributed by atoms with Crippen LogP contribution in [0.1, 0.15) is 49.0 Å². The molecule has 0 bridgehead atoms. The Kier molecular flexibility index (Phi) is 4.70. The fourth-order valence-corrected chi connectivity index (χ4v) is 4.79. The third-order valence-electron chi connectivity index (χ3n) is 6.48. The van der Waals surface area contributed by atoms with Gasteiger partial charge in [0.2, 0.25) is 0 Å². The molecule has 0 saturated carbocycles. The molecule has 154 valence electrons. The first-order valence-corrected chi connectivity index (χ1v) is 10.8. The highest BCUT2D eigenvalue weighted by Crippen LogP contribution is 2.36. The van der Waals surface area contributed by atoms with Crippen LogP contribution in [0.2, 0.25) is 0 Å². The van der Waals surface area contributed by atoms with Crippen LogP contribution in [-0.4, -0.2) is 23.1 Å². The number of hydrogen-bond acceptors (Lipinski definition) is 4. The van der Waals surface area contributed by atoms with E-state index >= 15 is 0 Å². The summed E-state index contributed by atoms with van der Waals surface area (Å²) in [6.07, 6.45) is 2.01. The van der Waals surface area contributed by atoms with E-state index in [1.807, 2.05) is 30.5 Å². The van der Waals surface area contributed by atoms with Crippen LogP contribution in [0.5, 0.6) is 0 Å². The summed E-state index contributed by atoms with van der Waals surface area (Å²) in [5.41, 5.74) is 4.63. The lowest BCUT2D eigenvalue weighted by molar-refractivity contribution is -0.151. The molecule has 2 unspecified atom stereocenters. The molecule has 0 spiro atoms. The summed E-state index contributed by atoms with van der Waals surface area (Å²) >= 11 is 0. The number of nitrogens with one attached hydrogen (secondary N) is 1. The first kappa shape index (κ1) is 19.1. The molecule has 2 aliphatic rings. The molecule has 2 atom stereocenters. The number of benzene rings is 2. The summed E-state index contributed by atoms with van der Waals surface area (Å²) in [4.78, 5) is 25.8. The van der Waals surface area contributed by atoms with Crippen LogP contribution in [0, 0.1) is 6.92 Å². The summed E-state index contributed by atoms with van der Waals surface area (Å²) in [5.74, 6) is -0.217. The van der Waals surface area contributed by atoms with Crippen molar-refractivity contribution in [3.63, 3.8) is 0 Å². The van der Waals surface area contributed by atoms with Crippen molar-refractivity contribution in [1.29, 1.82) is 0 Å². The number of fused-ring (bicyclic) bond motifs is 4. The fourth-order valence-electron chi connectivity index (χ4n) is 4.79. The van der Waals surface area contributed by atoms with E-state index in [1.165, 1.54) is 5.39 Å². The van der Waals surface area contributed by atoms with Crippen molar-refractivity contribution >= 4 is 16.7 Å². The van der Waals surface area contributed by atoms with Crippen molar-refractivity contribution in [3.8, 4) is 11.3 Å². The van der Waals surface area contributed by atoms with Crippen molar-refractivity contribution in [2.45, 2.75) is 51.8 Å². The third kappa shape index (κ3) is 3.05. The lowest BCUT2D eigenvalue weighted by Gasteiger charge is -2.22. The van der Waals surface area contributed by atoms with Crippen molar-refractivity contribution in [2.75, 3.05) is 6.54 Å². The van der Waals surface area contributed by atoms with E-state index in [2.05, 4.69) is 35.6 Å². The van der Waals surface area contributed by atoms with Gasteiger partial charge in [-0.1, -0.05) is 31.2 Å². The Morgan fingerprint density at radius 2 is 2.00 bits per heavy atom. The number of pyridine rings is 1. The molecule has 30 heavy (non-hydrogen) atoms. The Morgan fingerprint density at radius 1 is 1.23 bits per heavy atom. The van der Waals surface area contributed by atoms with Crippen molar-refractivity contribution in [2.24, 2.45) is 0 Å². The maximum atomic E-state index is 13.2. The fraction of sp³-hybridized carbons (Fsp3) is 0.360. The Labute approximate surface area is 175 Å². The second-order valence-electron chi connectivity index (χ2n) is 8.34. The normalized spacial score (nSPS) is 18.3. The number of rotatable bonds is 4. The zero-order chi connectivity index (χ0) is 20.8. The molecule has 5 heteroatoms. The lowest BCUT2D eigenvalue weighted by Crippen LogP contribution is -2.33. The molecule has 5 nitrogen and oxygen atoms in total. The number of esters is 1. The summed E-state index contributed by atoms with van der Waals surface area (Å²) in [5, 5.41) is 5.53. The third-order valence-corrected chi connectivity index (χ3v) is 6.48. The van der Waals surface area contributed by atoms with Gasteiger partial charge in [0.1, 0.15) is 12.1 Å². The van der Waals surface area contributed by atoms with Gasteiger partial charge in [-0.25, -0.2) is 0 Å². The number of carbonyl (C=O) groups is 1. The Bertz CT molecular complexity index is 1200. The standard InChI is InChI=1S/C25H26N2O3/c1-3-23(30-25(29)21-9-6-10-26-21)19-13-22-20-12-17-8-5-4-7-16(17)11-18(20)14-27(22)24(28)15(19)2/h4-5,7-8,11-13,21,23,26H,3,6,9-10,14H2,1-2H3. The molecule has 1 aromatic heterocycles. The van der Waals surface area contributed by atoms with Crippen LogP contribution in [-0.2, 0) is 16.1 Å². The molecule has 1 fully saturated rings. The van der Waals surface area contributed by atoms with Crippen molar-refractivity contribution < 1.29 is 9.53 Å². The summed E-state index contributed by atoms with van der Waals surface area (Å²) < 4.78 is 7.72. The van der Waals surface area contributed by atoms with Gasteiger partial charge < -0.3 is 14.6 Å². The van der Waals surface area contributed by atoms with Gasteiger partial charge in [0.25, 0.3) is 5.56 Å². The minimum Gasteiger partial charge on any atom is -0.456 e. The number of hydrogen-bond donors (Lipinski definition) is 1. The molecular weight excluding hydrogens is 376 g/mol. The number of nitrogens with zero attached hydrogens (tertiary/aromatic N) is 1. The van der Waals surface area contributed by atoms with E-state index < -0.39 is 6.10 Å². The Morgan fingerprint density at radius 3 is 2.70 bits per heavy atom. The van der Waals surface area contributed by atoms with Crippen molar-refractivity contribution in [3.05, 3.63) is 69.5 Å². The van der Waals surface area contributed by atoms with Gasteiger partial charge in [0.15, 0.2) is 0 Å². The van der Waals surface area contributed by atoms with E-state index in [9.17, 15) is 9.59 Å². The van der Waals surface area contributed by atoms with Gasteiger partial charge in [-0.2, -0.15) is 0 Å². The minimum atomic E-state index is -0.414. The molecule has 3 aromatic rings. The Hall–Kier alpha value is -2.92. The van der Waals surface area contributed by atoms with Gasteiger partial charge in [-0.3, -0.25) is 9.59 Å². The molecule has 0 aliphatic carbocycles. The molecule has 2 aromatic carbocycles. The minimum absolute atomic E-state index is 0.00348. The predicted molar refractivity (Wildman–Crippen MR) is 118 cm³/mol. The van der Waals surface area contributed by atoms with Crippen LogP contribution >= 0.6 is 0 Å². The number of carbonyl (C=O) groups excluding carboxylic acids is 1. The summed E-state index contributed by atoms with van der Waals surface area (Å²) in [6.45, 7) is 5.26. The van der Waals surface area contributed by atoms with Crippen molar-refractivity contribution in [1.82, 2.24) is 9.88 Å². The maximum Gasteiger partial charge on any atom is 0.323 e. The van der Waals surface area contributed by atoms with E-state index in [0.717, 1.165) is 47.2 Å². The first-order valence-electron chi connectivity index (χ1n) is 10.8. The van der Waals surface area contributed by atoms with Crippen LogP contribution in [0.4, 0.5) is 0 Å². The molecular formula is C25H26N2O3. The summed E-state index contributed by atoms with van der Waals surface area (Å²) in [7, 11) is 0. The molecule has 2 aliphatic heterocycles. The zero-order valence-electron chi connectivity index (χ0n) is 17.4. The highest BCUT2D eigenvalue weighted by atomic mass is 16.5. The second-order valence-corrected chi connectivity index (χ2v) is 8.34. The SMILES string of the molecule is CCC(OC(=O)C1CCCN1)c1cc2n(c(=O)c1C)Cc1cc3ccccc3cc1-2. The maximum absolute atomic E-state index is 13.2. The second kappa shape index (κ2) is 7.40. The smallest absolute Gasteiger partial charge is 0.323 e. The van der Waals surface area contributed by atoms with Crippen LogP contribution < -0.4 is 10.9 Å². The monoisotopic (exact) mass is 402 g/mol. The highest BCUT2D eigenvalue weighted by molar-refractivity contribution is 5.89. The zero-order valence-corrected chi connectivity index (χ0v) is 17.4. The molecule has 3 heterocycles. The average Bonchev–Trinajstić information content (AvgIpc) is 3.41. The van der Waals surface area contributed by atoms with Gasteiger partial charge in [0.05, 0.1) is 12.2 Å². The highest BCUT2D eigenvalue weighted by Gasteiger charge is 2.29. The van der Waals surface area contributed by atoms with E-state index in [4.69, 9.17) is 4.74 Å². The average molecular weight is 402 g/mol. The van der Waals surface area contributed by atoms with E-state index in [0.29, 0.717) is 18.5 Å². The molecule has 1 saturated heterocycles. The largest absolute Gasteiger partial charge is 0.456 e. The molecule has 5 rings (SSSR count). The number of aromatic nitrogens is 1. The van der Waals surface area contributed by atoms with Crippen LogP contribution in [0.25, 0.3) is 22.0 Å². The first-order chi connectivity index (χ1) is 14.6. The molecule has 0 amide bonds. The lowest BCUT2D eigenvalue weighted by atomic mass is 9.98. The topological polar surface area (TPSA) is 60.3 Å². The van der Waals surface area contributed by atoms with Gasteiger partial charge in [0, 0.05) is 16.7 Å². The number of ether oxygens (including phenoxy) is 1. The molecule has 0 radical (unpaired) electrons. The van der Waals surface area contributed by atoms with Gasteiger partial charge in [-0.15, -0.1) is 0 Å². The van der Waals surface area contributed by atoms with Gasteiger partial charge in [-0.05, 0) is 67.3 Å². The van der Waals surface area contributed by atoms with E-state index in [1.54, 1.807) is 0 Å². The van der Waals surface area contributed by atoms with Crippen LogP contribution in [0.15, 0.2) is 47.3 Å².